The first-order valence-corrected chi connectivity index (χ1v) is 14.9. The van der Waals surface area contributed by atoms with E-state index in [9.17, 15) is 10.1 Å². The van der Waals surface area contributed by atoms with Gasteiger partial charge in [-0.15, -0.1) is 21.5 Å². The van der Waals surface area contributed by atoms with Crippen molar-refractivity contribution in [2.24, 2.45) is 11.3 Å². The fourth-order valence-corrected chi connectivity index (χ4v) is 7.29. The molecule has 0 aliphatic heterocycles. The number of fused-ring (bicyclic) bond motifs is 2. The maximum absolute atomic E-state index is 12.9. The van der Waals surface area contributed by atoms with Crippen LogP contribution in [-0.4, -0.2) is 26.4 Å². The number of anilines is 1. The van der Waals surface area contributed by atoms with Gasteiger partial charge in [-0.1, -0.05) is 48.5 Å². The fourth-order valence-electron chi connectivity index (χ4n) is 4.81. The second-order valence-electron chi connectivity index (χ2n) is 10.3. The molecular formula is C27H28BrN5O2S2. The molecule has 192 valence electrons. The molecule has 1 atom stereocenters. The molecule has 0 fully saturated rings. The number of amides is 1. The number of aromatic nitrogens is 3. The van der Waals surface area contributed by atoms with E-state index in [0.717, 1.165) is 40.3 Å². The molecule has 1 aliphatic carbocycles. The van der Waals surface area contributed by atoms with E-state index in [1.54, 1.807) is 11.3 Å². The normalized spacial score (nSPS) is 15.5. The van der Waals surface area contributed by atoms with Crippen LogP contribution in [0.5, 0.6) is 0 Å². The fraction of sp³-hybridized carbons (Fsp3) is 0.407. The highest BCUT2D eigenvalue weighted by Crippen LogP contribution is 2.44. The molecule has 3 heterocycles. The van der Waals surface area contributed by atoms with Gasteiger partial charge in [-0.3, -0.25) is 9.36 Å². The average molecular weight is 599 g/mol. The summed E-state index contributed by atoms with van der Waals surface area (Å²) in [6, 6.07) is 10.1. The molecular weight excluding hydrogens is 570 g/mol. The number of nitrogens with one attached hydrogen (secondary N) is 1. The number of rotatable bonds is 6. The number of thiophene rings is 1. The van der Waals surface area contributed by atoms with Crippen LogP contribution >= 0.6 is 39.0 Å². The van der Waals surface area contributed by atoms with Gasteiger partial charge in [0.05, 0.1) is 11.3 Å². The van der Waals surface area contributed by atoms with Crippen molar-refractivity contribution in [2.75, 3.05) is 11.1 Å². The van der Waals surface area contributed by atoms with Crippen LogP contribution in [0.15, 0.2) is 38.3 Å². The van der Waals surface area contributed by atoms with Gasteiger partial charge in [-0.25, -0.2) is 0 Å². The summed E-state index contributed by atoms with van der Waals surface area (Å²) in [6.45, 7) is 9.47. The highest BCUT2D eigenvalue weighted by Gasteiger charge is 2.32. The molecule has 0 unspecified atom stereocenters. The van der Waals surface area contributed by atoms with E-state index in [2.05, 4.69) is 58.3 Å². The lowest BCUT2D eigenvalue weighted by Gasteiger charge is -2.33. The minimum Gasteiger partial charge on any atom is -0.453 e. The van der Waals surface area contributed by atoms with Gasteiger partial charge in [0, 0.05) is 21.3 Å². The van der Waals surface area contributed by atoms with E-state index in [-0.39, 0.29) is 17.1 Å². The Balaban J connectivity index is 1.29. The molecule has 1 aromatic carbocycles. The highest BCUT2D eigenvalue weighted by molar-refractivity contribution is 9.10. The molecule has 1 amide bonds. The second kappa shape index (κ2) is 10.3. The maximum atomic E-state index is 12.9. The average Bonchev–Trinajstić information content (AvgIpc) is 3.55. The Labute approximate surface area is 232 Å². The van der Waals surface area contributed by atoms with Crippen LogP contribution in [0.4, 0.5) is 5.00 Å². The number of carbonyl (C=O) groups excluding carboxylic acids is 1. The molecule has 0 saturated carbocycles. The van der Waals surface area contributed by atoms with Gasteiger partial charge < -0.3 is 9.73 Å². The zero-order valence-electron chi connectivity index (χ0n) is 21.2. The Morgan fingerprint density at radius 2 is 2.16 bits per heavy atom. The molecule has 10 heteroatoms. The summed E-state index contributed by atoms with van der Waals surface area (Å²) in [5.74, 6) is 1.85. The number of nitriles is 1. The van der Waals surface area contributed by atoms with E-state index in [0.29, 0.717) is 39.8 Å². The summed E-state index contributed by atoms with van der Waals surface area (Å²) in [7, 11) is 0. The predicted molar refractivity (Wildman–Crippen MR) is 152 cm³/mol. The molecule has 0 radical (unpaired) electrons. The summed E-state index contributed by atoms with van der Waals surface area (Å²) < 4.78 is 8.93. The minimum atomic E-state index is -0.159. The van der Waals surface area contributed by atoms with Crippen molar-refractivity contribution in [2.45, 2.75) is 58.7 Å². The van der Waals surface area contributed by atoms with Crippen LogP contribution in [0.1, 0.15) is 50.1 Å². The van der Waals surface area contributed by atoms with Crippen LogP contribution in [-0.2, 0) is 24.2 Å². The monoisotopic (exact) mass is 597 g/mol. The summed E-state index contributed by atoms with van der Waals surface area (Å²) in [6.07, 6.45) is 2.93. The van der Waals surface area contributed by atoms with Crippen molar-refractivity contribution in [3.05, 3.63) is 44.7 Å². The van der Waals surface area contributed by atoms with Crippen molar-refractivity contribution in [1.29, 1.82) is 5.26 Å². The Hall–Kier alpha value is -2.61. The molecule has 37 heavy (non-hydrogen) atoms. The summed E-state index contributed by atoms with van der Waals surface area (Å²) >= 11 is 6.37. The SMILES string of the molecule is CCn1c(SCC(=O)Nc2sc3c(c2C#N)CC[C@H](C(C)(C)C)C3)nnc1-c1cc2cc(Br)ccc2o1. The Kier molecular flexibility index (Phi) is 7.22. The number of furan rings is 1. The van der Waals surface area contributed by atoms with E-state index in [1.165, 1.54) is 16.6 Å². The van der Waals surface area contributed by atoms with E-state index in [4.69, 9.17) is 4.42 Å². The van der Waals surface area contributed by atoms with Gasteiger partial charge in [-0.2, -0.15) is 5.26 Å². The molecule has 7 nitrogen and oxygen atoms in total. The molecule has 3 aromatic heterocycles. The van der Waals surface area contributed by atoms with Gasteiger partial charge in [0.25, 0.3) is 0 Å². The molecule has 5 rings (SSSR count). The quantitative estimate of drug-likeness (QED) is 0.234. The number of hydrogen-bond donors (Lipinski definition) is 1. The number of halogens is 1. The lowest BCUT2D eigenvalue weighted by Crippen LogP contribution is -2.26. The number of thioether (sulfide) groups is 1. The summed E-state index contributed by atoms with van der Waals surface area (Å²) in [5, 5.41) is 23.8. The molecule has 0 spiro atoms. The lowest BCUT2D eigenvalue weighted by molar-refractivity contribution is -0.113. The second-order valence-corrected chi connectivity index (χ2v) is 13.3. The van der Waals surface area contributed by atoms with Gasteiger partial charge in [-0.05, 0) is 67.3 Å². The molecule has 1 N–H and O–H groups in total. The van der Waals surface area contributed by atoms with E-state index < -0.39 is 0 Å². The summed E-state index contributed by atoms with van der Waals surface area (Å²) in [4.78, 5) is 14.1. The standard InChI is InChI=1S/C27H28BrN5O2S2/c1-5-33-24(21-11-15-10-17(28)7-9-20(15)35-21)31-32-26(33)36-14-23(34)30-25-19(13-29)18-8-6-16(27(2,3)4)12-22(18)37-25/h7,9-11,16H,5-6,8,12,14H2,1-4H3,(H,30,34)/t16-/m0/s1. The van der Waals surface area contributed by atoms with Crippen molar-refractivity contribution < 1.29 is 9.21 Å². The first-order valence-electron chi connectivity index (χ1n) is 12.3. The molecule has 0 saturated heterocycles. The van der Waals surface area contributed by atoms with Crippen LogP contribution in [0.2, 0.25) is 0 Å². The third-order valence-electron chi connectivity index (χ3n) is 6.92. The third-order valence-corrected chi connectivity index (χ3v) is 9.55. The number of benzene rings is 1. The first kappa shape index (κ1) is 26.0. The largest absolute Gasteiger partial charge is 0.453 e. The first-order chi connectivity index (χ1) is 17.7. The van der Waals surface area contributed by atoms with Crippen molar-refractivity contribution >= 4 is 60.9 Å². The smallest absolute Gasteiger partial charge is 0.235 e. The van der Waals surface area contributed by atoms with E-state index >= 15 is 0 Å². The van der Waals surface area contributed by atoms with E-state index in [1.807, 2.05) is 35.8 Å². The van der Waals surface area contributed by atoms with Crippen molar-refractivity contribution in [3.63, 3.8) is 0 Å². The minimum absolute atomic E-state index is 0.159. The van der Waals surface area contributed by atoms with Gasteiger partial charge in [0.2, 0.25) is 11.7 Å². The Bertz CT molecular complexity index is 1520. The zero-order valence-corrected chi connectivity index (χ0v) is 24.4. The van der Waals surface area contributed by atoms with Crippen LogP contribution in [0, 0.1) is 22.7 Å². The maximum Gasteiger partial charge on any atom is 0.235 e. The van der Waals surface area contributed by atoms with Crippen LogP contribution in [0.25, 0.3) is 22.6 Å². The van der Waals surface area contributed by atoms with Gasteiger partial charge in [0.15, 0.2) is 10.9 Å². The lowest BCUT2D eigenvalue weighted by atomic mass is 9.72. The number of nitrogens with zero attached hydrogens (tertiary/aromatic N) is 4. The van der Waals surface area contributed by atoms with Crippen molar-refractivity contribution in [1.82, 2.24) is 14.8 Å². The van der Waals surface area contributed by atoms with Gasteiger partial charge >= 0.3 is 0 Å². The molecule has 0 bridgehead atoms. The highest BCUT2D eigenvalue weighted by atomic mass is 79.9. The Morgan fingerprint density at radius 1 is 1.35 bits per heavy atom. The number of carbonyl (C=O) groups is 1. The zero-order chi connectivity index (χ0) is 26.3. The third kappa shape index (κ3) is 5.22. The van der Waals surface area contributed by atoms with Crippen LogP contribution in [0.3, 0.4) is 0 Å². The Morgan fingerprint density at radius 3 is 2.89 bits per heavy atom. The van der Waals surface area contributed by atoms with Crippen molar-refractivity contribution in [3.8, 4) is 17.7 Å². The summed E-state index contributed by atoms with van der Waals surface area (Å²) in [5.41, 5.74) is 2.74. The topological polar surface area (TPSA) is 96.7 Å². The van der Waals surface area contributed by atoms with Crippen LogP contribution < -0.4 is 5.32 Å². The predicted octanol–water partition coefficient (Wildman–Crippen LogP) is 7.29. The number of hydrogen-bond acceptors (Lipinski definition) is 7. The molecule has 4 aromatic rings. The van der Waals surface area contributed by atoms with Gasteiger partial charge in [0.1, 0.15) is 16.7 Å². The molecule has 1 aliphatic rings.